The first-order chi connectivity index (χ1) is 14.7. The molecule has 1 N–H and O–H groups in total. The summed E-state index contributed by atoms with van der Waals surface area (Å²) in [4.78, 5) is 27.2. The summed E-state index contributed by atoms with van der Waals surface area (Å²) in [6, 6.07) is 12.1. The van der Waals surface area contributed by atoms with Gasteiger partial charge in [-0.25, -0.2) is 4.68 Å². The number of allylic oxidation sites excluding steroid dienone is 2. The highest BCUT2D eigenvalue weighted by Crippen LogP contribution is 2.28. The number of likely N-dealkylation sites (tertiary alicyclic amines) is 1. The molecule has 0 unspecified atom stereocenters. The molecule has 158 valence electrons. The number of rotatable bonds is 6. The standard InChI is InChI=1S/C24H30N4O2/c29-23(12-11-19-7-3-1-4-8-19)26-22-13-16-25-28(22)21-14-17-27(18-15-21)24(30)20-9-5-2-6-10-20/h1-5,7-8,13,16,20-21H,6,9-12,14-15,17-18H2,(H,26,29)/t20-/m0/s1. The van der Waals surface area contributed by atoms with Gasteiger partial charge in [-0.2, -0.15) is 5.10 Å². The van der Waals surface area contributed by atoms with Crippen LogP contribution in [-0.4, -0.2) is 39.6 Å². The normalized spacial score (nSPS) is 19.6. The van der Waals surface area contributed by atoms with E-state index in [1.165, 1.54) is 0 Å². The average molecular weight is 407 g/mol. The third-order valence-corrected chi connectivity index (χ3v) is 6.16. The van der Waals surface area contributed by atoms with Gasteiger partial charge in [0.15, 0.2) is 0 Å². The second-order valence-electron chi connectivity index (χ2n) is 8.23. The Balaban J connectivity index is 1.29. The van der Waals surface area contributed by atoms with Crippen molar-refractivity contribution in [2.45, 2.75) is 51.0 Å². The summed E-state index contributed by atoms with van der Waals surface area (Å²) in [6.45, 7) is 1.51. The minimum absolute atomic E-state index is 0.00132. The van der Waals surface area contributed by atoms with E-state index in [2.05, 4.69) is 22.6 Å². The van der Waals surface area contributed by atoms with E-state index in [0.29, 0.717) is 12.3 Å². The largest absolute Gasteiger partial charge is 0.342 e. The molecule has 0 saturated carbocycles. The first-order valence-electron chi connectivity index (χ1n) is 11.0. The van der Waals surface area contributed by atoms with Crippen LogP contribution >= 0.6 is 0 Å². The number of carbonyl (C=O) groups excluding carboxylic acids is 2. The van der Waals surface area contributed by atoms with Gasteiger partial charge in [-0.15, -0.1) is 0 Å². The number of hydrogen-bond acceptors (Lipinski definition) is 3. The van der Waals surface area contributed by atoms with Crippen molar-refractivity contribution in [3.8, 4) is 0 Å². The van der Waals surface area contributed by atoms with Gasteiger partial charge in [0.1, 0.15) is 5.82 Å². The number of nitrogens with one attached hydrogen (secondary N) is 1. The SMILES string of the molecule is O=C(CCc1ccccc1)Nc1ccnn1C1CCN(C(=O)[C@H]2CC=CCC2)CC1. The first kappa shape index (κ1) is 20.4. The molecule has 1 saturated heterocycles. The van der Waals surface area contributed by atoms with Crippen molar-refractivity contribution in [3.05, 3.63) is 60.3 Å². The van der Waals surface area contributed by atoms with Crippen molar-refractivity contribution in [3.63, 3.8) is 0 Å². The van der Waals surface area contributed by atoms with E-state index in [9.17, 15) is 9.59 Å². The van der Waals surface area contributed by atoms with Crippen LogP contribution in [0.15, 0.2) is 54.7 Å². The van der Waals surface area contributed by atoms with Crippen LogP contribution < -0.4 is 5.32 Å². The number of carbonyl (C=O) groups is 2. The Kier molecular flexibility index (Phi) is 6.62. The number of benzene rings is 1. The van der Waals surface area contributed by atoms with E-state index >= 15 is 0 Å². The first-order valence-corrected chi connectivity index (χ1v) is 11.0. The zero-order valence-corrected chi connectivity index (χ0v) is 17.4. The van der Waals surface area contributed by atoms with Gasteiger partial charge < -0.3 is 10.2 Å². The molecule has 1 atom stereocenters. The molecule has 6 heteroatoms. The van der Waals surface area contributed by atoms with Gasteiger partial charge in [-0.05, 0) is 44.1 Å². The second-order valence-corrected chi connectivity index (χ2v) is 8.23. The number of nitrogens with zero attached hydrogens (tertiary/aromatic N) is 3. The van der Waals surface area contributed by atoms with Gasteiger partial charge in [-0.3, -0.25) is 9.59 Å². The number of aryl methyl sites for hydroxylation is 1. The summed E-state index contributed by atoms with van der Waals surface area (Å²) in [7, 11) is 0. The summed E-state index contributed by atoms with van der Waals surface area (Å²) >= 11 is 0. The predicted octanol–water partition coefficient (Wildman–Crippen LogP) is 3.97. The van der Waals surface area contributed by atoms with Crippen molar-refractivity contribution in [1.29, 1.82) is 0 Å². The van der Waals surface area contributed by atoms with Crippen LogP contribution in [0, 0.1) is 5.92 Å². The molecule has 0 radical (unpaired) electrons. The number of aromatic nitrogens is 2. The lowest BCUT2D eigenvalue weighted by molar-refractivity contribution is -0.137. The van der Waals surface area contributed by atoms with E-state index in [4.69, 9.17) is 0 Å². The minimum atomic E-state index is -0.00132. The van der Waals surface area contributed by atoms with Crippen LogP contribution in [0.4, 0.5) is 5.82 Å². The highest BCUT2D eigenvalue weighted by molar-refractivity contribution is 5.90. The van der Waals surface area contributed by atoms with E-state index in [-0.39, 0.29) is 17.9 Å². The van der Waals surface area contributed by atoms with Crippen LogP contribution in [0.5, 0.6) is 0 Å². The number of amides is 2. The molecular weight excluding hydrogens is 376 g/mol. The Morgan fingerprint density at radius 1 is 1.03 bits per heavy atom. The molecule has 1 aliphatic heterocycles. The summed E-state index contributed by atoms with van der Waals surface area (Å²) < 4.78 is 1.92. The Morgan fingerprint density at radius 3 is 2.57 bits per heavy atom. The quantitative estimate of drug-likeness (QED) is 0.738. The summed E-state index contributed by atoms with van der Waals surface area (Å²) in [5, 5.41) is 7.48. The third kappa shape index (κ3) is 4.99. The van der Waals surface area contributed by atoms with Crippen molar-refractivity contribution < 1.29 is 9.59 Å². The van der Waals surface area contributed by atoms with Gasteiger partial charge in [0, 0.05) is 31.5 Å². The fourth-order valence-corrected chi connectivity index (χ4v) is 4.42. The molecule has 4 rings (SSSR count). The summed E-state index contributed by atoms with van der Waals surface area (Å²) in [5.74, 6) is 1.19. The maximum absolute atomic E-state index is 12.8. The Labute approximate surface area is 178 Å². The van der Waals surface area contributed by atoms with E-state index in [1.807, 2.05) is 46.0 Å². The maximum atomic E-state index is 12.8. The van der Waals surface area contributed by atoms with Gasteiger partial charge >= 0.3 is 0 Å². The predicted molar refractivity (Wildman–Crippen MR) is 117 cm³/mol. The Hall–Kier alpha value is -2.89. The van der Waals surface area contributed by atoms with Gasteiger partial charge in [0.05, 0.1) is 12.2 Å². The molecule has 30 heavy (non-hydrogen) atoms. The molecule has 1 aromatic carbocycles. The molecule has 0 spiro atoms. The number of anilines is 1. The fourth-order valence-electron chi connectivity index (χ4n) is 4.42. The lowest BCUT2D eigenvalue weighted by Gasteiger charge is -2.35. The van der Waals surface area contributed by atoms with E-state index in [0.717, 1.165) is 63.0 Å². The lowest BCUT2D eigenvalue weighted by Crippen LogP contribution is -2.42. The fraction of sp³-hybridized carbons (Fsp3) is 0.458. The topological polar surface area (TPSA) is 67.2 Å². The molecule has 2 aromatic rings. The smallest absolute Gasteiger partial charge is 0.226 e. The molecule has 2 amide bonds. The van der Waals surface area contributed by atoms with Crippen LogP contribution in [0.25, 0.3) is 0 Å². The van der Waals surface area contributed by atoms with Crippen LogP contribution in [0.3, 0.4) is 0 Å². The van der Waals surface area contributed by atoms with E-state index in [1.54, 1.807) is 6.20 Å². The van der Waals surface area contributed by atoms with Crippen molar-refractivity contribution in [2.24, 2.45) is 5.92 Å². The third-order valence-electron chi connectivity index (χ3n) is 6.16. The minimum Gasteiger partial charge on any atom is -0.342 e. The molecule has 2 aliphatic rings. The number of piperidine rings is 1. The highest BCUT2D eigenvalue weighted by Gasteiger charge is 2.29. The average Bonchev–Trinajstić information content (AvgIpc) is 3.26. The monoisotopic (exact) mass is 406 g/mol. The van der Waals surface area contributed by atoms with Crippen LogP contribution in [0.2, 0.25) is 0 Å². The molecule has 0 bridgehead atoms. The summed E-state index contributed by atoms with van der Waals surface area (Å²) in [6.07, 6.45) is 11.8. The molecule has 1 aliphatic carbocycles. The second kappa shape index (κ2) is 9.74. The Bertz CT molecular complexity index is 882. The lowest BCUT2D eigenvalue weighted by atomic mass is 9.92. The molecule has 1 aromatic heterocycles. The van der Waals surface area contributed by atoms with Crippen molar-refractivity contribution in [1.82, 2.24) is 14.7 Å². The van der Waals surface area contributed by atoms with Gasteiger partial charge in [0.2, 0.25) is 11.8 Å². The van der Waals surface area contributed by atoms with Gasteiger partial charge in [-0.1, -0.05) is 42.5 Å². The Morgan fingerprint density at radius 2 is 1.83 bits per heavy atom. The molecule has 6 nitrogen and oxygen atoms in total. The number of hydrogen-bond donors (Lipinski definition) is 1. The van der Waals surface area contributed by atoms with Crippen molar-refractivity contribution in [2.75, 3.05) is 18.4 Å². The zero-order chi connectivity index (χ0) is 20.8. The molecule has 1 fully saturated rings. The van der Waals surface area contributed by atoms with E-state index < -0.39 is 0 Å². The van der Waals surface area contributed by atoms with Crippen LogP contribution in [0.1, 0.15) is 50.1 Å². The summed E-state index contributed by atoms with van der Waals surface area (Å²) in [5.41, 5.74) is 1.16. The zero-order valence-electron chi connectivity index (χ0n) is 17.4. The molecule has 2 heterocycles. The van der Waals surface area contributed by atoms with Crippen LogP contribution in [-0.2, 0) is 16.0 Å². The molecular formula is C24H30N4O2. The van der Waals surface area contributed by atoms with Gasteiger partial charge in [0.25, 0.3) is 0 Å². The highest BCUT2D eigenvalue weighted by atomic mass is 16.2. The maximum Gasteiger partial charge on any atom is 0.226 e. The van der Waals surface area contributed by atoms with Crippen molar-refractivity contribution >= 4 is 17.6 Å².